The number of hydrogen-bond donors (Lipinski definition) is 1. The summed E-state index contributed by atoms with van der Waals surface area (Å²) in [5, 5.41) is 8.81. The van der Waals surface area contributed by atoms with Crippen LogP contribution in [-0.2, 0) is 6.54 Å². The van der Waals surface area contributed by atoms with Gasteiger partial charge in [-0.05, 0) is 33.6 Å². The van der Waals surface area contributed by atoms with Gasteiger partial charge in [0.25, 0.3) is 0 Å². The Hall–Kier alpha value is -2.13. The Bertz CT molecular complexity index is 655. The Kier molecular flexibility index (Phi) is 5.12. The number of nitriles is 1. The molecule has 0 radical (unpaired) electrons. The molecule has 2 aromatic rings. The van der Waals surface area contributed by atoms with Crippen molar-refractivity contribution in [1.29, 1.82) is 5.26 Å². The number of pyridine rings is 1. The van der Waals surface area contributed by atoms with E-state index in [2.05, 4.69) is 27.0 Å². The van der Waals surface area contributed by atoms with Gasteiger partial charge < -0.3 is 10.6 Å². The van der Waals surface area contributed by atoms with Gasteiger partial charge >= 0.3 is 0 Å². The number of hydrogen-bond acceptors (Lipinski definition) is 4. The van der Waals surface area contributed by atoms with Crippen molar-refractivity contribution in [3.05, 3.63) is 52.5 Å². The van der Waals surface area contributed by atoms with Crippen LogP contribution < -0.4 is 10.6 Å². The molecule has 0 saturated carbocycles. The molecule has 1 aromatic carbocycles. The number of nitrogen functional groups attached to an aromatic ring is 1. The highest BCUT2D eigenvalue weighted by molar-refractivity contribution is 9.10. The number of aromatic nitrogens is 1. The molecule has 1 heterocycles. The van der Waals surface area contributed by atoms with Crippen LogP contribution in [0, 0.1) is 17.1 Å². The first-order chi connectivity index (χ1) is 10.1. The predicted molar refractivity (Wildman–Crippen MR) is 84.0 cm³/mol. The number of anilines is 2. The highest BCUT2D eigenvalue weighted by Gasteiger charge is 2.13. The van der Waals surface area contributed by atoms with E-state index in [4.69, 9.17) is 11.0 Å². The van der Waals surface area contributed by atoms with Gasteiger partial charge in [-0.25, -0.2) is 4.39 Å². The van der Waals surface area contributed by atoms with Crippen LogP contribution in [0.4, 0.5) is 15.8 Å². The third-order valence-corrected chi connectivity index (χ3v) is 3.61. The Morgan fingerprint density at radius 2 is 2.24 bits per heavy atom. The molecule has 2 rings (SSSR count). The molecule has 0 bridgehead atoms. The quantitative estimate of drug-likeness (QED) is 0.840. The summed E-state index contributed by atoms with van der Waals surface area (Å²) in [6.07, 6.45) is 3.81. The third kappa shape index (κ3) is 3.92. The van der Waals surface area contributed by atoms with Gasteiger partial charge in [-0.15, -0.1) is 0 Å². The maximum atomic E-state index is 13.5. The number of halogens is 2. The lowest BCUT2D eigenvalue weighted by Gasteiger charge is -2.25. The molecule has 0 saturated heterocycles. The molecule has 0 fully saturated rings. The molecular formula is C15H14BrFN4. The third-order valence-electron chi connectivity index (χ3n) is 3.00. The second-order valence-electron chi connectivity index (χ2n) is 4.52. The maximum Gasteiger partial charge on any atom is 0.139 e. The highest BCUT2D eigenvalue weighted by Crippen LogP contribution is 2.30. The van der Waals surface area contributed by atoms with E-state index in [-0.39, 0.29) is 0 Å². The molecule has 0 aliphatic carbocycles. The van der Waals surface area contributed by atoms with E-state index in [0.29, 0.717) is 35.4 Å². The van der Waals surface area contributed by atoms with Crippen molar-refractivity contribution < 1.29 is 4.39 Å². The largest absolute Gasteiger partial charge is 0.397 e. The van der Waals surface area contributed by atoms with Crippen molar-refractivity contribution in [1.82, 2.24) is 4.98 Å². The van der Waals surface area contributed by atoms with Crippen LogP contribution in [0.5, 0.6) is 0 Å². The minimum Gasteiger partial charge on any atom is -0.397 e. The standard InChI is InChI=1S/C15H14BrFN4/c16-12-7-15(14(19)8-13(12)17)21(6-2-4-18)10-11-3-1-5-20-9-11/h1,3,5,7-9H,2,6,10,19H2. The molecule has 4 nitrogen and oxygen atoms in total. The van der Waals surface area contributed by atoms with Gasteiger partial charge in [0.2, 0.25) is 0 Å². The van der Waals surface area contributed by atoms with Gasteiger partial charge in [0.1, 0.15) is 5.82 Å². The Balaban J connectivity index is 2.32. The molecule has 21 heavy (non-hydrogen) atoms. The van der Waals surface area contributed by atoms with Gasteiger partial charge in [0.15, 0.2) is 0 Å². The van der Waals surface area contributed by atoms with Crippen molar-refractivity contribution in [2.45, 2.75) is 13.0 Å². The van der Waals surface area contributed by atoms with Crippen molar-refractivity contribution in [2.24, 2.45) is 0 Å². The summed E-state index contributed by atoms with van der Waals surface area (Å²) < 4.78 is 13.8. The summed E-state index contributed by atoms with van der Waals surface area (Å²) >= 11 is 3.17. The SMILES string of the molecule is N#CCCN(Cc1cccnc1)c1cc(Br)c(F)cc1N. The number of benzene rings is 1. The van der Waals surface area contributed by atoms with Crippen LogP contribution >= 0.6 is 15.9 Å². The molecule has 1 aromatic heterocycles. The zero-order valence-corrected chi connectivity index (χ0v) is 12.8. The lowest BCUT2D eigenvalue weighted by molar-refractivity contribution is 0.621. The van der Waals surface area contributed by atoms with Gasteiger partial charge in [-0.2, -0.15) is 5.26 Å². The van der Waals surface area contributed by atoms with Crippen molar-refractivity contribution in [2.75, 3.05) is 17.2 Å². The van der Waals surface area contributed by atoms with Crippen LogP contribution in [0.3, 0.4) is 0 Å². The Morgan fingerprint density at radius 1 is 1.43 bits per heavy atom. The summed E-state index contributed by atoms with van der Waals surface area (Å²) in [6.45, 7) is 1.06. The van der Waals surface area contributed by atoms with Crippen LogP contribution in [0.1, 0.15) is 12.0 Å². The van der Waals surface area contributed by atoms with Crippen molar-refractivity contribution in [3.8, 4) is 6.07 Å². The first kappa shape index (κ1) is 15.3. The molecular weight excluding hydrogens is 335 g/mol. The molecule has 0 amide bonds. The van der Waals surface area contributed by atoms with Crippen molar-refractivity contribution >= 4 is 27.3 Å². The molecule has 0 atom stereocenters. The molecule has 2 N–H and O–H groups in total. The van der Waals surface area contributed by atoms with E-state index >= 15 is 0 Å². The van der Waals surface area contributed by atoms with Gasteiger partial charge in [0.05, 0.1) is 28.3 Å². The summed E-state index contributed by atoms with van der Waals surface area (Å²) in [5.41, 5.74) is 7.95. The van der Waals surface area contributed by atoms with Gasteiger partial charge in [-0.3, -0.25) is 4.98 Å². The maximum absolute atomic E-state index is 13.5. The fourth-order valence-corrected chi connectivity index (χ4v) is 2.34. The summed E-state index contributed by atoms with van der Waals surface area (Å²) in [5.74, 6) is -0.405. The van der Waals surface area contributed by atoms with E-state index in [1.165, 1.54) is 6.07 Å². The monoisotopic (exact) mass is 348 g/mol. The Morgan fingerprint density at radius 3 is 2.90 bits per heavy atom. The molecule has 108 valence electrons. The van der Waals surface area contributed by atoms with E-state index in [0.717, 1.165) is 5.56 Å². The van der Waals surface area contributed by atoms with Crippen LogP contribution in [0.25, 0.3) is 0 Å². The topological polar surface area (TPSA) is 65.9 Å². The van der Waals surface area contributed by atoms with Crippen LogP contribution in [0.15, 0.2) is 41.1 Å². The first-order valence-corrected chi connectivity index (χ1v) is 7.16. The van der Waals surface area contributed by atoms with Gasteiger partial charge in [0, 0.05) is 31.5 Å². The van der Waals surface area contributed by atoms with E-state index in [1.807, 2.05) is 17.0 Å². The highest BCUT2D eigenvalue weighted by atomic mass is 79.9. The number of rotatable bonds is 5. The van der Waals surface area contributed by atoms with Gasteiger partial charge in [-0.1, -0.05) is 6.07 Å². The summed E-state index contributed by atoms with van der Waals surface area (Å²) in [7, 11) is 0. The summed E-state index contributed by atoms with van der Waals surface area (Å²) in [4.78, 5) is 6.02. The average molecular weight is 349 g/mol. The normalized spacial score (nSPS) is 10.1. The van der Waals surface area contributed by atoms with Crippen molar-refractivity contribution in [3.63, 3.8) is 0 Å². The smallest absolute Gasteiger partial charge is 0.139 e. The number of nitrogens with two attached hydrogens (primary N) is 1. The Labute approximate surface area is 131 Å². The zero-order chi connectivity index (χ0) is 15.2. The second kappa shape index (κ2) is 7.04. The van der Waals surface area contributed by atoms with Crippen LogP contribution in [-0.4, -0.2) is 11.5 Å². The second-order valence-corrected chi connectivity index (χ2v) is 5.37. The zero-order valence-electron chi connectivity index (χ0n) is 11.3. The van der Waals surface area contributed by atoms with E-state index in [9.17, 15) is 4.39 Å². The molecule has 0 aliphatic rings. The number of nitrogens with zero attached hydrogens (tertiary/aromatic N) is 3. The fourth-order valence-electron chi connectivity index (χ4n) is 2.01. The fraction of sp³-hybridized carbons (Fsp3) is 0.200. The summed E-state index contributed by atoms with van der Waals surface area (Å²) in [6, 6.07) is 8.83. The minimum atomic E-state index is -0.405. The minimum absolute atomic E-state index is 0.345. The molecule has 0 spiro atoms. The average Bonchev–Trinajstić information content (AvgIpc) is 2.48. The van der Waals surface area contributed by atoms with E-state index in [1.54, 1.807) is 18.5 Å². The lowest BCUT2D eigenvalue weighted by Crippen LogP contribution is -2.25. The first-order valence-electron chi connectivity index (χ1n) is 6.37. The van der Waals surface area contributed by atoms with E-state index < -0.39 is 5.82 Å². The molecule has 6 heteroatoms. The van der Waals surface area contributed by atoms with Crippen LogP contribution in [0.2, 0.25) is 0 Å². The molecule has 0 aliphatic heterocycles. The lowest BCUT2D eigenvalue weighted by atomic mass is 10.2. The molecule has 0 unspecified atom stereocenters. The predicted octanol–water partition coefficient (Wildman–Crippen LogP) is 3.49.